The lowest BCUT2D eigenvalue weighted by Crippen LogP contribution is -2.15. The van der Waals surface area contributed by atoms with Crippen LogP contribution >= 0.6 is 34.5 Å². The molecule has 6 heteroatoms. The molecule has 0 fully saturated rings. The number of aromatic nitrogens is 1. The molecule has 1 aromatic heterocycles. The Hall–Kier alpha value is -1.33. The van der Waals surface area contributed by atoms with Gasteiger partial charge >= 0.3 is 4.87 Å². The first kappa shape index (κ1) is 16.5. The predicted octanol–water partition coefficient (Wildman–Crippen LogP) is 4.62. The molecule has 1 heterocycles. The van der Waals surface area contributed by atoms with Crippen LogP contribution in [-0.2, 0) is 13.0 Å². The first-order valence-corrected chi connectivity index (χ1v) is 8.95. The van der Waals surface area contributed by atoms with Gasteiger partial charge in [0, 0.05) is 6.54 Å². The van der Waals surface area contributed by atoms with Gasteiger partial charge in [-0.1, -0.05) is 46.7 Å². The Morgan fingerprint density at radius 2 is 1.87 bits per heavy atom. The first-order chi connectivity index (χ1) is 11.1. The second-order valence-corrected chi connectivity index (χ2v) is 7.20. The largest absolute Gasteiger partial charge is 0.313 e. The van der Waals surface area contributed by atoms with Crippen molar-refractivity contribution in [3.8, 4) is 0 Å². The van der Waals surface area contributed by atoms with E-state index in [-0.39, 0.29) is 4.87 Å². The highest BCUT2D eigenvalue weighted by Gasteiger charge is 2.02. The summed E-state index contributed by atoms with van der Waals surface area (Å²) < 4.78 is 1.02. The number of H-pyrrole nitrogens is 1. The van der Waals surface area contributed by atoms with Gasteiger partial charge in [-0.15, -0.1) is 0 Å². The van der Waals surface area contributed by atoms with E-state index in [9.17, 15) is 4.79 Å². The van der Waals surface area contributed by atoms with Gasteiger partial charge in [-0.3, -0.25) is 4.79 Å². The predicted molar refractivity (Wildman–Crippen MR) is 98.9 cm³/mol. The van der Waals surface area contributed by atoms with Gasteiger partial charge in [0.25, 0.3) is 0 Å². The molecular formula is C17H16Cl2N2OS. The van der Waals surface area contributed by atoms with Crippen LogP contribution in [0, 0.1) is 0 Å². The highest BCUT2D eigenvalue weighted by Crippen LogP contribution is 2.22. The van der Waals surface area contributed by atoms with Gasteiger partial charge in [-0.05, 0) is 54.8 Å². The van der Waals surface area contributed by atoms with E-state index in [0.717, 1.165) is 41.7 Å². The van der Waals surface area contributed by atoms with Crippen molar-refractivity contribution in [2.75, 3.05) is 6.54 Å². The van der Waals surface area contributed by atoms with Crippen molar-refractivity contribution in [1.29, 1.82) is 0 Å². The fraction of sp³-hybridized carbons (Fsp3) is 0.235. The molecule has 3 nitrogen and oxygen atoms in total. The minimum absolute atomic E-state index is 0.000409. The SMILES string of the molecule is O=c1[nH]c2ccc(CCCNCc3ccc(Cl)c(Cl)c3)cc2s1. The average molecular weight is 367 g/mol. The molecule has 0 unspecified atom stereocenters. The van der Waals surface area contributed by atoms with Gasteiger partial charge in [-0.2, -0.15) is 0 Å². The molecule has 3 aromatic rings. The number of rotatable bonds is 6. The Labute approximate surface area is 148 Å². The van der Waals surface area contributed by atoms with Crippen LogP contribution in [0.5, 0.6) is 0 Å². The molecule has 0 amide bonds. The van der Waals surface area contributed by atoms with Gasteiger partial charge in [0.1, 0.15) is 0 Å². The summed E-state index contributed by atoms with van der Waals surface area (Å²) in [6.45, 7) is 1.69. The third-order valence-corrected chi connectivity index (χ3v) is 5.20. The number of nitrogens with one attached hydrogen (secondary N) is 2. The first-order valence-electron chi connectivity index (χ1n) is 7.38. The molecular weight excluding hydrogens is 351 g/mol. The number of hydrogen-bond donors (Lipinski definition) is 2. The van der Waals surface area contributed by atoms with Crippen molar-refractivity contribution in [2.45, 2.75) is 19.4 Å². The summed E-state index contributed by atoms with van der Waals surface area (Å²) in [7, 11) is 0. The van der Waals surface area contributed by atoms with Crippen molar-refractivity contribution in [3.05, 3.63) is 67.2 Å². The van der Waals surface area contributed by atoms with Gasteiger partial charge in [0.15, 0.2) is 0 Å². The molecule has 23 heavy (non-hydrogen) atoms. The van der Waals surface area contributed by atoms with Gasteiger partial charge in [0.05, 0.1) is 20.3 Å². The van der Waals surface area contributed by atoms with Crippen LogP contribution in [0.15, 0.2) is 41.2 Å². The molecule has 2 N–H and O–H groups in total. The quantitative estimate of drug-likeness (QED) is 0.625. The summed E-state index contributed by atoms with van der Waals surface area (Å²) >= 11 is 13.2. The van der Waals surface area contributed by atoms with E-state index in [1.54, 1.807) is 0 Å². The molecule has 120 valence electrons. The van der Waals surface area contributed by atoms with E-state index in [0.29, 0.717) is 10.0 Å². The number of aryl methyl sites for hydroxylation is 1. The Bertz CT molecular complexity index is 872. The van der Waals surface area contributed by atoms with E-state index in [1.165, 1.54) is 16.9 Å². The highest BCUT2D eigenvalue weighted by molar-refractivity contribution is 7.16. The zero-order valence-electron chi connectivity index (χ0n) is 12.4. The number of thiazole rings is 1. The Kier molecular flexibility index (Phi) is 5.38. The number of fused-ring (bicyclic) bond motifs is 1. The third-order valence-electron chi connectivity index (χ3n) is 3.62. The summed E-state index contributed by atoms with van der Waals surface area (Å²) in [6, 6.07) is 11.8. The van der Waals surface area contributed by atoms with Crippen LogP contribution in [-0.4, -0.2) is 11.5 Å². The number of halogens is 2. The van der Waals surface area contributed by atoms with Crippen LogP contribution in [0.4, 0.5) is 0 Å². The average Bonchev–Trinajstić information content (AvgIpc) is 2.89. The van der Waals surface area contributed by atoms with E-state index >= 15 is 0 Å². The normalized spacial score (nSPS) is 11.2. The van der Waals surface area contributed by atoms with Crippen molar-refractivity contribution in [2.24, 2.45) is 0 Å². The zero-order chi connectivity index (χ0) is 16.2. The zero-order valence-corrected chi connectivity index (χ0v) is 14.7. The molecule has 0 saturated heterocycles. The summed E-state index contributed by atoms with van der Waals surface area (Å²) in [6.07, 6.45) is 2.02. The molecule has 0 aliphatic carbocycles. The van der Waals surface area contributed by atoms with Crippen molar-refractivity contribution in [3.63, 3.8) is 0 Å². The van der Waals surface area contributed by atoms with E-state index in [4.69, 9.17) is 23.2 Å². The Balaban J connectivity index is 1.47. The monoisotopic (exact) mass is 366 g/mol. The summed E-state index contributed by atoms with van der Waals surface area (Å²) in [4.78, 5) is 14.1. The van der Waals surface area contributed by atoms with Crippen molar-refractivity contribution in [1.82, 2.24) is 10.3 Å². The third kappa shape index (κ3) is 4.36. The Morgan fingerprint density at radius 1 is 1.04 bits per heavy atom. The highest BCUT2D eigenvalue weighted by atomic mass is 35.5. The van der Waals surface area contributed by atoms with Crippen LogP contribution in [0.25, 0.3) is 10.2 Å². The standard InChI is InChI=1S/C17H16Cl2N2OS/c18-13-5-3-12(8-14(13)19)10-20-7-1-2-11-4-6-15-16(9-11)23-17(22)21-15/h3-6,8-9,20H,1-2,7,10H2,(H,21,22). The van der Waals surface area contributed by atoms with Crippen molar-refractivity contribution >= 4 is 44.8 Å². The van der Waals surface area contributed by atoms with E-state index in [2.05, 4.69) is 22.4 Å². The van der Waals surface area contributed by atoms with Crippen LogP contribution < -0.4 is 10.2 Å². The summed E-state index contributed by atoms with van der Waals surface area (Å²) in [5.41, 5.74) is 3.29. The molecule has 0 spiro atoms. The maximum Gasteiger partial charge on any atom is 0.305 e. The van der Waals surface area contributed by atoms with Crippen LogP contribution in [0.2, 0.25) is 10.0 Å². The summed E-state index contributed by atoms with van der Waals surface area (Å²) in [5.74, 6) is 0. The lowest BCUT2D eigenvalue weighted by molar-refractivity contribution is 0.650. The minimum atomic E-state index is 0.000409. The van der Waals surface area contributed by atoms with Crippen LogP contribution in [0.1, 0.15) is 17.5 Å². The minimum Gasteiger partial charge on any atom is -0.313 e. The van der Waals surface area contributed by atoms with Crippen LogP contribution in [0.3, 0.4) is 0 Å². The molecule has 0 atom stereocenters. The second-order valence-electron chi connectivity index (χ2n) is 5.37. The lowest BCUT2D eigenvalue weighted by atomic mass is 10.1. The van der Waals surface area contributed by atoms with E-state index < -0.39 is 0 Å². The maximum atomic E-state index is 11.3. The smallest absolute Gasteiger partial charge is 0.305 e. The molecule has 0 saturated carbocycles. The fourth-order valence-electron chi connectivity index (χ4n) is 2.45. The van der Waals surface area contributed by atoms with Gasteiger partial charge in [-0.25, -0.2) is 0 Å². The fourth-order valence-corrected chi connectivity index (χ4v) is 3.57. The maximum absolute atomic E-state index is 11.3. The molecule has 0 aliphatic rings. The number of benzene rings is 2. The molecule has 2 aromatic carbocycles. The number of aromatic amines is 1. The van der Waals surface area contributed by atoms with E-state index in [1.807, 2.05) is 24.3 Å². The number of hydrogen-bond acceptors (Lipinski definition) is 3. The molecule has 0 aliphatic heterocycles. The van der Waals surface area contributed by atoms with Gasteiger partial charge < -0.3 is 10.3 Å². The lowest BCUT2D eigenvalue weighted by Gasteiger charge is -2.06. The van der Waals surface area contributed by atoms with Crippen molar-refractivity contribution < 1.29 is 0 Å². The topological polar surface area (TPSA) is 44.9 Å². The second kappa shape index (κ2) is 7.49. The van der Waals surface area contributed by atoms with Gasteiger partial charge in [0.2, 0.25) is 0 Å². The summed E-state index contributed by atoms with van der Waals surface area (Å²) in [5, 5.41) is 4.57. The molecule has 3 rings (SSSR count). The molecule has 0 radical (unpaired) electrons. The Morgan fingerprint density at radius 3 is 2.70 bits per heavy atom. The molecule has 0 bridgehead atoms.